The molecule has 0 bridgehead atoms. The summed E-state index contributed by atoms with van der Waals surface area (Å²) in [6.07, 6.45) is 0.955. The van der Waals surface area contributed by atoms with Crippen molar-refractivity contribution in [3.05, 3.63) is 59.2 Å². The first kappa shape index (κ1) is 13.5. The van der Waals surface area contributed by atoms with Crippen LogP contribution in [0.15, 0.2) is 36.5 Å². The van der Waals surface area contributed by atoms with Gasteiger partial charge in [0.15, 0.2) is 11.6 Å². The molecule has 0 saturated carbocycles. The number of aliphatic hydroxyl groups is 1. The van der Waals surface area contributed by atoms with Crippen LogP contribution < -0.4 is 4.74 Å². The summed E-state index contributed by atoms with van der Waals surface area (Å²) >= 11 is 0. The maximum absolute atomic E-state index is 14.0. The van der Waals surface area contributed by atoms with Crippen LogP contribution in [-0.2, 0) is 6.42 Å². The average Bonchev–Trinajstić information content (AvgIpc) is 2.41. The molecule has 2 aromatic rings. The molecule has 1 unspecified atom stereocenters. The first-order chi connectivity index (χ1) is 9.13. The Labute approximate surface area is 111 Å². The van der Waals surface area contributed by atoms with Crippen LogP contribution in [0.1, 0.15) is 22.9 Å². The molecule has 0 aliphatic carbocycles. The third-order valence-electron chi connectivity index (χ3n) is 3.04. The number of aromatic nitrogens is 1. The standard InChI is InChI=1S/C15H16FNO2/c1-10-5-4-8-17-15(10)12(18)9-11-6-3-7-13(19-2)14(11)16/h3-8,12,18H,9H2,1-2H3. The van der Waals surface area contributed by atoms with Crippen molar-refractivity contribution < 1.29 is 14.2 Å². The van der Waals surface area contributed by atoms with Gasteiger partial charge in [0.05, 0.1) is 12.8 Å². The lowest BCUT2D eigenvalue weighted by molar-refractivity contribution is 0.171. The van der Waals surface area contributed by atoms with Crippen LogP contribution in [0.3, 0.4) is 0 Å². The fraction of sp³-hybridized carbons (Fsp3) is 0.267. The van der Waals surface area contributed by atoms with E-state index in [2.05, 4.69) is 4.98 Å². The van der Waals surface area contributed by atoms with Gasteiger partial charge in [-0.1, -0.05) is 18.2 Å². The average molecular weight is 261 g/mol. The predicted octanol–water partition coefficient (Wildman–Crippen LogP) is 2.81. The van der Waals surface area contributed by atoms with E-state index in [4.69, 9.17) is 4.74 Å². The second-order valence-electron chi connectivity index (χ2n) is 4.36. The SMILES string of the molecule is COc1cccc(CC(O)c2ncccc2C)c1F. The monoisotopic (exact) mass is 261 g/mol. The number of aryl methyl sites for hydroxylation is 1. The molecule has 0 saturated heterocycles. The van der Waals surface area contributed by atoms with E-state index in [1.165, 1.54) is 7.11 Å². The molecule has 4 heteroatoms. The number of rotatable bonds is 4. The summed E-state index contributed by atoms with van der Waals surface area (Å²) in [5.74, 6) is -0.250. The van der Waals surface area contributed by atoms with Crippen LogP contribution in [0.4, 0.5) is 4.39 Å². The van der Waals surface area contributed by atoms with Crippen molar-refractivity contribution in [2.45, 2.75) is 19.4 Å². The van der Waals surface area contributed by atoms with Crippen molar-refractivity contribution in [1.29, 1.82) is 0 Å². The molecule has 0 aliphatic rings. The fourth-order valence-electron chi connectivity index (χ4n) is 2.02. The van der Waals surface area contributed by atoms with E-state index in [9.17, 15) is 9.50 Å². The summed E-state index contributed by atoms with van der Waals surface area (Å²) in [5.41, 5.74) is 1.87. The van der Waals surface area contributed by atoms with Gasteiger partial charge < -0.3 is 9.84 Å². The quantitative estimate of drug-likeness (QED) is 0.920. The molecule has 1 aromatic heterocycles. The zero-order chi connectivity index (χ0) is 13.8. The van der Waals surface area contributed by atoms with Gasteiger partial charge >= 0.3 is 0 Å². The van der Waals surface area contributed by atoms with Gasteiger partial charge in [-0.25, -0.2) is 4.39 Å². The van der Waals surface area contributed by atoms with E-state index in [0.29, 0.717) is 11.3 Å². The minimum absolute atomic E-state index is 0.168. The minimum atomic E-state index is -0.831. The molecule has 3 nitrogen and oxygen atoms in total. The van der Waals surface area contributed by atoms with E-state index in [0.717, 1.165) is 5.56 Å². The number of aliphatic hydroxyl groups excluding tert-OH is 1. The highest BCUT2D eigenvalue weighted by atomic mass is 19.1. The summed E-state index contributed by atoms with van der Waals surface area (Å²) in [7, 11) is 1.42. The van der Waals surface area contributed by atoms with Gasteiger partial charge in [0.2, 0.25) is 0 Å². The molecule has 1 atom stereocenters. The number of hydrogen-bond donors (Lipinski definition) is 1. The van der Waals surface area contributed by atoms with Crippen LogP contribution in [0.25, 0.3) is 0 Å². The van der Waals surface area contributed by atoms with Crippen molar-refractivity contribution in [3.8, 4) is 5.75 Å². The molecule has 0 spiro atoms. The van der Waals surface area contributed by atoms with Crippen LogP contribution in [0.5, 0.6) is 5.75 Å². The molecule has 19 heavy (non-hydrogen) atoms. The lowest BCUT2D eigenvalue weighted by Crippen LogP contribution is -2.07. The number of methoxy groups -OCH3 is 1. The minimum Gasteiger partial charge on any atom is -0.494 e. The summed E-state index contributed by atoms with van der Waals surface area (Å²) in [6.45, 7) is 1.87. The first-order valence-corrected chi connectivity index (χ1v) is 6.04. The smallest absolute Gasteiger partial charge is 0.168 e. The molecule has 1 N–H and O–H groups in total. The highest BCUT2D eigenvalue weighted by Gasteiger charge is 2.16. The van der Waals surface area contributed by atoms with Crippen LogP contribution in [0, 0.1) is 12.7 Å². The van der Waals surface area contributed by atoms with Gasteiger partial charge in [0, 0.05) is 12.6 Å². The molecule has 0 amide bonds. The van der Waals surface area contributed by atoms with Crippen molar-refractivity contribution in [3.63, 3.8) is 0 Å². The van der Waals surface area contributed by atoms with Crippen LogP contribution in [0.2, 0.25) is 0 Å². The second-order valence-corrected chi connectivity index (χ2v) is 4.36. The molecule has 0 aliphatic heterocycles. The molecular weight excluding hydrogens is 245 g/mol. The van der Waals surface area contributed by atoms with E-state index in [1.54, 1.807) is 30.5 Å². The number of nitrogens with zero attached hydrogens (tertiary/aromatic N) is 1. The number of hydrogen-bond acceptors (Lipinski definition) is 3. The molecule has 0 fully saturated rings. The van der Waals surface area contributed by atoms with Gasteiger partial charge in [-0.15, -0.1) is 0 Å². The summed E-state index contributed by atoms with van der Waals surface area (Å²) in [5, 5.41) is 10.2. The van der Waals surface area contributed by atoms with Crippen LogP contribution in [-0.4, -0.2) is 17.2 Å². The summed E-state index contributed by atoms with van der Waals surface area (Å²) in [4.78, 5) is 4.14. The van der Waals surface area contributed by atoms with E-state index in [1.807, 2.05) is 13.0 Å². The molecule has 2 rings (SSSR count). The molecule has 1 heterocycles. The molecule has 100 valence electrons. The zero-order valence-corrected chi connectivity index (χ0v) is 10.9. The Bertz CT molecular complexity index is 572. The van der Waals surface area contributed by atoms with E-state index < -0.39 is 11.9 Å². The Morgan fingerprint density at radius 2 is 2.11 bits per heavy atom. The van der Waals surface area contributed by atoms with E-state index >= 15 is 0 Å². The van der Waals surface area contributed by atoms with Gasteiger partial charge in [0.25, 0.3) is 0 Å². The highest BCUT2D eigenvalue weighted by Crippen LogP contribution is 2.25. The van der Waals surface area contributed by atoms with Gasteiger partial charge in [0.1, 0.15) is 6.10 Å². The number of benzene rings is 1. The van der Waals surface area contributed by atoms with Gasteiger partial charge in [-0.3, -0.25) is 4.98 Å². The molecule has 0 radical (unpaired) electrons. The Kier molecular flexibility index (Phi) is 4.12. The van der Waals surface area contributed by atoms with Crippen molar-refractivity contribution in [1.82, 2.24) is 4.98 Å². The normalized spacial score (nSPS) is 12.2. The number of halogens is 1. The van der Waals surface area contributed by atoms with Crippen molar-refractivity contribution in [2.75, 3.05) is 7.11 Å². The lowest BCUT2D eigenvalue weighted by Gasteiger charge is -2.14. The summed E-state index contributed by atoms with van der Waals surface area (Å²) in [6, 6.07) is 8.57. The first-order valence-electron chi connectivity index (χ1n) is 6.04. The number of ether oxygens (including phenoxy) is 1. The van der Waals surface area contributed by atoms with Gasteiger partial charge in [-0.05, 0) is 30.2 Å². The molecule has 1 aromatic carbocycles. The summed E-state index contributed by atoms with van der Waals surface area (Å²) < 4.78 is 18.9. The predicted molar refractivity (Wildman–Crippen MR) is 70.6 cm³/mol. The zero-order valence-electron chi connectivity index (χ0n) is 10.9. The fourth-order valence-corrected chi connectivity index (χ4v) is 2.02. The lowest BCUT2D eigenvalue weighted by atomic mass is 10.0. The highest BCUT2D eigenvalue weighted by molar-refractivity contribution is 5.32. The largest absolute Gasteiger partial charge is 0.494 e. The Morgan fingerprint density at radius 3 is 2.79 bits per heavy atom. The van der Waals surface area contributed by atoms with Crippen molar-refractivity contribution >= 4 is 0 Å². The van der Waals surface area contributed by atoms with E-state index in [-0.39, 0.29) is 12.2 Å². The van der Waals surface area contributed by atoms with Crippen LogP contribution >= 0.6 is 0 Å². The maximum Gasteiger partial charge on any atom is 0.168 e. The number of pyridine rings is 1. The third kappa shape index (κ3) is 2.90. The topological polar surface area (TPSA) is 42.4 Å². The Hall–Kier alpha value is -1.94. The second kappa shape index (κ2) is 5.80. The Morgan fingerprint density at radius 1 is 1.32 bits per heavy atom. The molecular formula is C15H16FNO2. The maximum atomic E-state index is 14.0. The Balaban J connectivity index is 2.24. The third-order valence-corrected chi connectivity index (χ3v) is 3.04. The van der Waals surface area contributed by atoms with Crippen molar-refractivity contribution in [2.24, 2.45) is 0 Å². The van der Waals surface area contributed by atoms with Gasteiger partial charge in [-0.2, -0.15) is 0 Å².